The molecule has 5 rings (SSSR count). The molecule has 1 amide bonds. The number of nitrogens with one attached hydrogen (secondary N) is 1. The highest BCUT2D eigenvalue weighted by molar-refractivity contribution is 7.92. The first kappa shape index (κ1) is 27.2. The van der Waals surface area contributed by atoms with Crippen molar-refractivity contribution in [3.8, 4) is 22.1 Å². The number of benzene rings is 4. The zero-order chi connectivity index (χ0) is 28.3. The van der Waals surface area contributed by atoms with Gasteiger partial charge in [0.1, 0.15) is 11.6 Å². The standard InChI is InChI=1S/C30H27N3O5S2/c1-20-9-15-25-28(17-20)39-30(32-25)21-10-12-22(13-11-21)31-29(34)19-33(40(35,36)24-7-5-4-6-8-24)23-14-16-26(37-2)27(18-23)38-3/h4-18H,19H2,1-3H3,(H,31,34). The number of carbonyl (C=O) groups excluding carboxylic acids is 1. The summed E-state index contributed by atoms with van der Waals surface area (Å²) in [5, 5.41) is 3.69. The quantitative estimate of drug-likeness (QED) is 0.228. The fourth-order valence-corrected chi connectivity index (χ4v) is 6.70. The molecule has 40 heavy (non-hydrogen) atoms. The van der Waals surface area contributed by atoms with E-state index in [4.69, 9.17) is 14.5 Å². The first-order valence-corrected chi connectivity index (χ1v) is 14.6. The maximum absolute atomic E-state index is 13.6. The summed E-state index contributed by atoms with van der Waals surface area (Å²) in [6.07, 6.45) is 0. The van der Waals surface area contributed by atoms with Crippen LogP contribution in [0.3, 0.4) is 0 Å². The second kappa shape index (κ2) is 11.4. The average Bonchev–Trinajstić information content (AvgIpc) is 3.39. The molecular formula is C30H27N3O5S2. The lowest BCUT2D eigenvalue weighted by molar-refractivity contribution is -0.114. The Bertz CT molecular complexity index is 1770. The molecule has 0 aliphatic carbocycles. The van der Waals surface area contributed by atoms with Crippen molar-refractivity contribution in [3.63, 3.8) is 0 Å². The Morgan fingerprint density at radius 3 is 2.33 bits per heavy atom. The molecule has 0 bridgehead atoms. The van der Waals surface area contributed by atoms with Crippen molar-refractivity contribution in [1.29, 1.82) is 0 Å². The Balaban J connectivity index is 1.39. The average molecular weight is 574 g/mol. The van der Waals surface area contributed by atoms with E-state index in [0.717, 1.165) is 25.1 Å². The molecule has 204 valence electrons. The maximum Gasteiger partial charge on any atom is 0.264 e. The number of carbonyl (C=O) groups is 1. The van der Waals surface area contributed by atoms with E-state index < -0.39 is 22.5 Å². The van der Waals surface area contributed by atoms with Crippen LogP contribution in [0, 0.1) is 6.92 Å². The smallest absolute Gasteiger partial charge is 0.264 e. The third kappa shape index (κ3) is 5.63. The van der Waals surface area contributed by atoms with E-state index in [0.29, 0.717) is 17.2 Å². The third-order valence-corrected chi connectivity index (χ3v) is 9.09. The van der Waals surface area contributed by atoms with Crippen LogP contribution in [0.15, 0.2) is 95.9 Å². The first-order chi connectivity index (χ1) is 19.3. The summed E-state index contributed by atoms with van der Waals surface area (Å²) in [5.74, 6) is 0.280. The molecular weight excluding hydrogens is 546 g/mol. The summed E-state index contributed by atoms with van der Waals surface area (Å²) in [4.78, 5) is 17.9. The fraction of sp³-hybridized carbons (Fsp3) is 0.133. The molecule has 1 N–H and O–H groups in total. The largest absolute Gasteiger partial charge is 0.493 e. The third-order valence-electron chi connectivity index (χ3n) is 6.23. The van der Waals surface area contributed by atoms with Crippen molar-refractivity contribution in [2.75, 3.05) is 30.4 Å². The van der Waals surface area contributed by atoms with Crippen LogP contribution < -0.4 is 19.1 Å². The number of fused-ring (bicyclic) bond motifs is 1. The van der Waals surface area contributed by atoms with E-state index in [1.54, 1.807) is 53.8 Å². The van der Waals surface area contributed by atoms with Gasteiger partial charge >= 0.3 is 0 Å². The SMILES string of the molecule is COc1ccc(N(CC(=O)Nc2ccc(-c3nc4ccc(C)cc4s3)cc2)S(=O)(=O)c2ccccc2)cc1OC. The summed E-state index contributed by atoms with van der Waals surface area (Å²) >= 11 is 1.61. The molecule has 10 heteroatoms. The maximum atomic E-state index is 13.6. The number of thiazole rings is 1. The van der Waals surface area contributed by atoms with Gasteiger partial charge in [-0.2, -0.15) is 0 Å². The Morgan fingerprint density at radius 2 is 1.62 bits per heavy atom. The summed E-state index contributed by atoms with van der Waals surface area (Å²) in [5.41, 5.74) is 3.85. The molecule has 0 aliphatic rings. The fourth-order valence-electron chi connectivity index (χ4n) is 4.20. The highest BCUT2D eigenvalue weighted by Crippen LogP contribution is 2.34. The second-order valence-corrected chi connectivity index (χ2v) is 11.9. The van der Waals surface area contributed by atoms with Gasteiger partial charge in [-0.1, -0.05) is 24.3 Å². The Hall–Kier alpha value is -4.41. The lowest BCUT2D eigenvalue weighted by Crippen LogP contribution is -2.38. The number of hydrogen-bond donors (Lipinski definition) is 1. The molecule has 0 fully saturated rings. The van der Waals surface area contributed by atoms with Gasteiger partial charge in [-0.15, -0.1) is 11.3 Å². The number of anilines is 2. The molecule has 0 radical (unpaired) electrons. The number of nitrogens with zero attached hydrogens (tertiary/aromatic N) is 2. The van der Waals surface area contributed by atoms with Crippen molar-refractivity contribution in [2.24, 2.45) is 0 Å². The summed E-state index contributed by atoms with van der Waals surface area (Å²) < 4.78 is 40.1. The van der Waals surface area contributed by atoms with E-state index in [-0.39, 0.29) is 10.6 Å². The number of sulfonamides is 1. The van der Waals surface area contributed by atoms with Gasteiger partial charge in [0.05, 0.1) is 35.0 Å². The molecule has 5 aromatic rings. The van der Waals surface area contributed by atoms with E-state index in [9.17, 15) is 13.2 Å². The number of amides is 1. The highest BCUT2D eigenvalue weighted by Gasteiger charge is 2.28. The minimum atomic E-state index is -4.08. The predicted octanol–water partition coefficient (Wildman–Crippen LogP) is 6.12. The zero-order valence-corrected chi connectivity index (χ0v) is 23.8. The van der Waals surface area contributed by atoms with Gasteiger partial charge in [0.2, 0.25) is 5.91 Å². The van der Waals surface area contributed by atoms with Gasteiger partial charge in [0.15, 0.2) is 11.5 Å². The van der Waals surface area contributed by atoms with Gasteiger partial charge in [0.25, 0.3) is 10.0 Å². The van der Waals surface area contributed by atoms with Gasteiger partial charge < -0.3 is 14.8 Å². The molecule has 0 aliphatic heterocycles. The number of methoxy groups -OCH3 is 2. The number of aryl methyl sites for hydroxylation is 1. The molecule has 0 atom stereocenters. The van der Waals surface area contributed by atoms with E-state index in [1.807, 2.05) is 31.2 Å². The van der Waals surface area contributed by atoms with Crippen molar-refractivity contribution in [1.82, 2.24) is 4.98 Å². The van der Waals surface area contributed by atoms with Crippen molar-refractivity contribution in [2.45, 2.75) is 11.8 Å². The minimum Gasteiger partial charge on any atom is -0.493 e. The molecule has 8 nitrogen and oxygen atoms in total. The number of ether oxygens (including phenoxy) is 2. The van der Waals surface area contributed by atoms with Crippen LogP contribution in [0.5, 0.6) is 11.5 Å². The molecule has 0 saturated heterocycles. The topological polar surface area (TPSA) is 97.8 Å². The van der Waals surface area contributed by atoms with Crippen molar-refractivity contribution < 1.29 is 22.7 Å². The van der Waals surface area contributed by atoms with Gasteiger partial charge in [0, 0.05) is 17.3 Å². The number of aromatic nitrogens is 1. The van der Waals surface area contributed by atoms with E-state index in [2.05, 4.69) is 11.4 Å². The van der Waals surface area contributed by atoms with Crippen LogP contribution in [0.25, 0.3) is 20.8 Å². The molecule has 1 heterocycles. The molecule has 0 unspecified atom stereocenters. The number of rotatable bonds is 9. The summed E-state index contributed by atoms with van der Waals surface area (Å²) in [6.45, 7) is 1.60. The second-order valence-electron chi connectivity index (χ2n) is 8.98. The van der Waals surface area contributed by atoms with Crippen LogP contribution in [-0.4, -0.2) is 40.1 Å². The lowest BCUT2D eigenvalue weighted by atomic mass is 10.2. The molecule has 0 saturated carbocycles. The zero-order valence-electron chi connectivity index (χ0n) is 22.1. The van der Waals surface area contributed by atoms with Crippen LogP contribution in [0.2, 0.25) is 0 Å². The predicted molar refractivity (Wildman–Crippen MR) is 159 cm³/mol. The van der Waals surface area contributed by atoms with Crippen LogP contribution in [0.1, 0.15) is 5.56 Å². The summed E-state index contributed by atoms with van der Waals surface area (Å²) in [7, 11) is -1.12. The molecule has 1 aromatic heterocycles. The lowest BCUT2D eigenvalue weighted by Gasteiger charge is -2.25. The van der Waals surface area contributed by atoms with Crippen LogP contribution >= 0.6 is 11.3 Å². The first-order valence-electron chi connectivity index (χ1n) is 12.4. The minimum absolute atomic E-state index is 0.0629. The van der Waals surface area contributed by atoms with E-state index in [1.165, 1.54) is 38.0 Å². The molecule has 4 aromatic carbocycles. The van der Waals surface area contributed by atoms with Gasteiger partial charge in [-0.3, -0.25) is 9.10 Å². The normalized spacial score (nSPS) is 11.3. The van der Waals surface area contributed by atoms with Gasteiger partial charge in [-0.05, 0) is 73.2 Å². The Morgan fingerprint density at radius 1 is 0.900 bits per heavy atom. The summed E-state index contributed by atoms with van der Waals surface area (Å²) in [6, 6.07) is 26.1. The van der Waals surface area contributed by atoms with Crippen LogP contribution in [0.4, 0.5) is 11.4 Å². The van der Waals surface area contributed by atoms with Crippen LogP contribution in [-0.2, 0) is 14.8 Å². The Labute approximate surface area is 236 Å². The van der Waals surface area contributed by atoms with E-state index >= 15 is 0 Å². The van der Waals surface area contributed by atoms with Gasteiger partial charge in [-0.25, -0.2) is 13.4 Å². The monoisotopic (exact) mass is 573 g/mol. The van der Waals surface area contributed by atoms with Crippen molar-refractivity contribution in [3.05, 3.63) is 96.6 Å². The highest BCUT2D eigenvalue weighted by atomic mass is 32.2. The molecule has 0 spiro atoms. The van der Waals surface area contributed by atoms with Crippen molar-refractivity contribution >= 4 is 48.9 Å². The Kier molecular flexibility index (Phi) is 7.72. The number of hydrogen-bond acceptors (Lipinski definition) is 7.